The number of carboxylic acid groups (broad SMARTS) is 1. The van der Waals surface area contributed by atoms with Gasteiger partial charge in [0.1, 0.15) is 0 Å². The second kappa shape index (κ2) is 11.8. The maximum atomic E-state index is 11.6. The molecule has 0 spiro atoms. The van der Waals surface area contributed by atoms with E-state index in [0.29, 0.717) is 45.6 Å². The maximum absolute atomic E-state index is 11.6. The van der Waals surface area contributed by atoms with E-state index in [0.717, 1.165) is 22.1 Å². The largest absolute Gasteiger partial charge is 0.525 e. The number of carbonyl (C=O) groups is 2. The standard InChI is InChI=1S/C28H31NO6/c1-2-33-27(30)14-10-20-7-12-23(13-8-20)25-15-16-29(35-28(31)32)18-26(25)34-19-21-9-11-22-5-3-4-6-24(22)17-21/h3-9,11-13,17,25-26H,2,10,14-16,18-19H2,1H3,(H,31,32). The van der Waals surface area contributed by atoms with Crippen LogP contribution in [0.2, 0.25) is 0 Å². The first-order valence-corrected chi connectivity index (χ1v) is 12.0. The highest BCUT2D eigenvalue weighted by Gasteiger charge is 2.33. The Bertz CT molecular complexity index is 1150. The zero-order valence-corrected chi connectivity index (χ0v) is 19.9. The molecule has 1 fully saturated rings. The van der Waals surface area contributed by atoms with Gasteiger partial charge in [0.15, 0.2) is 0 Å². The Balaban J connectivity index is 1.44. The van der Waals surface area contributed by atoms with Crippen LogP contribution in [0.4, 0.5) is 4.79 Å². The molecule has 184 valence electrons. The number of rotatable bonds is 9. The van der Waals surface area contributed by atoms with Crippen molar-refractivity contribution in [3.05, 3.63) is 83.4 Å². The number of fused-ring (bicyclic) bond motifs is 1. The van der Waals surface area contributed by atoms with Crippen molar-refractivity contribution in [3.8, 4) is 0 Å². The molecule has 3 aromatic carbocycles. The van der Waals surface area contributed by atoms with Gasteiger partial charge in [-0.15, -0.1) is 5.06 Å². The minimum absolute atomic E-state index is 0.100. The number of benzene rings is 3. The lowest BCUT2D eigenvalue weighted by molar-refractivity contribution is -0.166. The zero-order chi connectivity index (χ0) is 24.6. The predicted octanol–water partition coefficient (Wildman–Crippen LogP) is 5.32. The Morgan fingerprint density at radius 1 is 1.00 bits per heavy atom. The number of esters is 1. The Morgan fingerprint density at radius 3 is 2.49 bits per heavy atom. The summed E-state index contributed by atoms with van der Waals surface area (Å²) in [6.45, 7) is 3.47. The molecule has 0 bridgehead atoms. The number of carbonyl (C=O) groups excluding carboxylic acids is 1. The quantitative estimate of drug-likeness (QED) is 0.418. The SMILES string of the molecule is CCOC(=O)CCc1ccc(C2CCN(OC(=O)O)CC2OCc2ccc3ccccc3c2)cc1. The van der Waals surface area contributed by atoms with Crippen LogP contribution in [-0.2, 0) is 32.1 Å². The van der Waals surface area contributed by atoms with Crippen LogP contribution in [0.3, 0.4) is 0 Å². The molecule has 2 atom stereocenters. The van der Waals surface area contributed by atoms with Gasteiger partial charge in [0, 0.05) is 18.9 Å². The molecule has 1 saturated heterocycles. The molecule has 7 nitrogen and oxygen atoms in total. The second-order valence-electron chi connectivity index (χ2n) is 8.72. The molecular weight excluding hydrogens is 446 g/mol. The van der Waals surface area contributed by atoms with Crippen LogP contribution in [0.5, 0.6) is 0 Å². The Kier molecular flexibility index (Phi) is 8.34. The number of hydrogen-bond donors (Lipinski definition) is 1. The van der Waals surface area contributed by atoms with Crippen molar-refractivity contribution >= 4 is 22.9 Å². The van der Waals surface area contributed by atoms with Gasteiger partial charge in [-0.2, -0.15) is 0 Å². The summed E-state index contributed by atoms with van der Waals surface area (Å²) in [4.78, 5) is 27.7. The van der Waals surface area contributed by atoms with E-state index in [9.17, 15) is 9.59 Å². The molecule has 2 unspecified atom stereocenters. The summed E-state index contributed by atoms with van der Waals surface area (Å²) in [5, 5.41) is 12.8. The van der Waals surface area contributed by atoms with E-state index >= 15 is 0 Å². The highest BCUT2D eigenvalue weighted by Crippen LogP contribution is 2.32. The summed E-state index contributed by atoms with van der Waals surface area (Å²) >= 11 is 0. The molecule has 1 aliphatic heterocycles. The van der Waals surface area contributed by atoms with Gasteiger partial charge in [0.25, 0.3) is 0 Å². The molecule has 0 saturated carbocycles. The molecule has 0 amide bonds. The summed E-state index contributed by atoms with van der Waals surface area (Å²) in [5.41, 5.74) is 3.26. The van der Waals surface area contributed by atoms with Crippen molar-refractivity contribution in [2.45, 2.75) is 44.8 Å². The Labute approximate surface area is 205 Å². The Hall–Kier alpha value is -3.42. The van der Waals surface area contributed by atoms with Crippen molar-refractivity contribution in [3.63, 3.8) is 0 Å². The summed E-state index contributed by atoms with van der Waals surface area (Å²) in [5.74, 6) is -0.0901. The third kappa shape index (κ3) is 6.81. The van der Waals surface area contributed by atoms with Crippen LogP contribution in [0.25, 0.3) is 10.8 Å². The first-order valence-electron chi connectivity index (χ1n) is 12.0. The van der Waals surface area contributed by atoms with E-state index in [-0.39, 0.29) is 18.0 Å². The number of ether oxygens (including phenoxy) is 2. The van der Waals surface area contributed by atoms with E-state index in [4.69, 9.17) is 19.4 Å². The van der Waals surface area contributed by atoms with E-state index < -0.39 is 6.16 Å². The van der Waals surface area contributed by atoms with E-state index in [1.165, 1.54) is 10.4 Å². The molecular formula is C28H31NO6. The van der Waals surface area contributed by atoms with Crippen LogP contribution in [0.15, 0.2) is 66.7 Å². The van der Waals surface area contributed by atoms with E-state index in [2.05, 4.69) is 42.5 Å². The third-order valence-electron chi connectivity index (χ3n) is 6.34. The highest BCUT2D eigenvalue weighted by atomic mass is 16.8. The summed E-state index contributed by atoms with van der Waals surface area (Å²) in [7, 11) is 0. The van der Waals surface area contributed by atoms with Gasteiger partial charge < -0.3 is 19.4 Å². The van der Waals surface area contributed by atoms with Gasteiger partial charge >= 0.3 is 12.1 Å². The smallest absolute Gasteiger partial charge is 0.466 e. The van der Waals surface area contributed by atoms with Crippen molar-refractivity contribution in [2.75, 3.05) is 19.7 Å². The van der Waals surface area contributed by atoms with Crippen LogP contribution >= 0.6 is 0 Å². The number of hydroxylamine groups is 2. The predicted molar refractivity (Wildman–Crippen MR) is 132 cm³/mol. The topological polar surface area (TPSA) is 85.3 Å². The van der Waals surface area contributed by atoms with Crippen LogP contribution in [-0.4, -0.2) is 48.1 Å². The first-order chi connectivity index (χ1) is 17.0. The van der Waals surface area contributed by atoms with Gasteiger partial charge in [-0.05, 0) is 53.3 Å². The van der Waals surface area contributed by atoms with Crippen molar-refractivity contribution in [1.29, 1.82) is 0 Å². The van der Waals surface area contributed by atoms with Crippen molar-refractivity contribution in [2.24, 2.45) is 0 Å². The van der Waals surface area contributed by atoms with Crippen molar-refractivity contribution in [1.82, 2.24) is 5.06 Å². The molecule has 3 aromatic rings. The van der Waals surface area contributed by atoms with Crippen LogP contribution in [0, 0.1) is 0 Å². The summed E-state index contributed by atoms with van der Waals surface area (Å²) in [6.07, 6.45) is 0.141. The zero-order valence-electron chi connectivity index (χ0n) is 19.9. The fourth-order valence-corrected chi connectivity index (χ4v) is 4.57. The lowest BCUT2D eigenvalue weighted by atomic mass is 9.87. The average molecular weight is 478 g/mol. The van der Waals surface area contributed by atoms with Gasteiger partial charge in [0.05, 0.1) is 25.9 Å². The van der Waals surface area contributed by atoms with Gasteiger partial charge in [0.2, 0.25) is 0 Å². The summed E-state index contributed by atoms with van der Waals surface area (Å²) < 4.78 is 11.4. The molecule has 1 aliphatic rings. The third-order valence-corrected chi connectivity index (χ3v) is 6.34. The minimum atomic E-state index is -1.32. The first kappa shape index (κ1) is 24.7. The lowest BCUT2D eigenvalue weighted by Gasteiger charge is -2.37. The summed E-state index contributed by atoms with van der Waals surface area (Å²) in [6, 6.07) is 22.7. The molecule has 0 aromatic heterocycles. The minimum Gasteiger partial charge on any atom is -0.466 e. The number of nitrogens with zero attached hydrogens (tertiary/aromatic N) is 1. The van der Waals surface area contributed by atoms with Gasteiger partial charge in [-0.25, -0.2) is 4.79 Å². The average Bonchev–Trinajstić information content (AvgIpc) is 2.86. The normalized spacial score (nSPS) is 18.3. The number of aryl methyl sites for hydroxylation is 1. The Morgan fingerprint density at radius 2 is 1.74 bits per heavy atom. The van der Waals surface area contributed by atoms with E-state index in [1.807, 2.05) is 24.3 Å². The molecule has 1 N–H and O–H groups in total. The van der Waals surface area contributed by atoms with Crippen LogP contribution < -0.4 is 0 Å². The van der Waals surface area contributed by atoms with E-state index in [1.54, 1.807) is 6.92 Å². The number of piperidine rings is 1. The molecule has 0 radical (unpaired) electrons. The molecule has 0 aliphatic carbocycles. The number of hydrogen-bond acceptors (Lipinski definition) is 6. The molecule has 35 heavy (non-hydrogen) atoms. The highest BCUT2D eigenvalue weighted by molar-refractivity contribution is 5.82. The van der Waals surface area contributed by atoms with Gasteiger partial charge in [-0.3, -0.25) is 4.79 Å². The fourth-order valence-electron chi connectivity index (χ4n) is 4.57. The molecule has 1 heterocycles. The van der Waals surface area contributed by atoms with Crippen LogP contribution in [0.1, 0.15) is 42.4 Å². The maximum Gasteiger partial charge on any atom is 0.525 e. The monoisotopic (exact) mass is 477 g/mol. The molecule has 4 rings (SSSR count). The molecule has 7 heteroatoms. The van der Waals surface area contributed by atoms with Crippen molar-refractivity contribution < 1.29 is 29.0 Å². The fraction of sp³-hybridized carbons (Fsp3) is 0.357. The lowest BCUT2D eigenvalue weighted by Crippen LogP contribution is -2.44. The second-order valence-corrected chi connectivity index (χ2v) is 8.72. The van der Waals surface area contributed by atoms with Gasteiger partial charge in [-0.1, -0.05) is 60.7 Å².